The molecule has 26 heavy (non-hydrogen) atoms. The van der Waals surface area contributed by atoms with Gasteiger partial charge in [-0.05, 0) is 24.0 Å². The normalized spacial score (nSPS) is 27.0. The maximum atomic E-state index is 11.6. The van der Waals surface area contributed by atoms with Crippen molar-refractivity contribution in [1.29, 1.82) is 0 Å². The van der Waals surface area contributed by atoms with Gasteiger partial charge in [0.25, 0.3) is 0 Å². The van der Waals surface area contributed by atoms with Gasteiger partial charge < -0.3 is 9.47 Å². The van der Waals surface area contributed by atoms with E-state index in [0.29, 0.717) is 6.10 Å². The van der Waals surface area contributed by atoms with Gasteiger partial charge in [-0.1, -0.05) is 60.7 Å². The molecule has 4 atom stereocenters. The summed E-state index contributed by atoms with van der Waals surface area (Å²) in [5.41, 5.74) is 2.51. The number of rotatable bonds is 6. The molecule has 4 heteroatoms. The highest BCUT2D eigenvalue weighted by atomic mass is 16.6. The average Bonchev–Trinajstić information content (AvgIpc) is 3.42. The molecule has 136 valence electrons. The first-order valence-electron chi connectivity index (χ1n) is 9.35. The number of hydrogen-bond acceptors (Lipinski definition) is 4. The van der Waals surface area contributed by atoms with Crippen molar-refractivity contribution in [3.05, 3.63) is 71.8 Å². The van der Waals surface area contributed by atoms with Crippen LogP contribution in [0.25, 0.3) is 0 Å². The third-order valence-corrected chi connectivity index (χ3v) is 5.27. The molecule has 1 heterocycles. The van der Waals surface area contributed by atoms with E-state index in [1.807, 2.05) is 12.1 Å². The number of epoxide rings is 1. The highest BCUT2D eigenvalue weighted by Gasteiger charge is 2.54. The van der Waals surface area contributed by atoms with Crippen LogP contribution < -0.4 is 0 Å². The van der Waals surface area contributed by atoms with E-state index in [4.69, 9.17) is 9.47 Å². The Bertz CT molecular complexity index is 692. The van der Waals surface area contributed by atoms with Gasteiger partial charge in [-0.3, -0.25) is 9.69 Å². The maximum absolute atomic E-state index is 11.6. The summed E-state index contributed by atoms with van der Waals surface area (Å²) in [6.07, 6.45) is 2.22. The van der Waals surface area contributed by atoms with Crippen LogP contribution in [-0.4, -0.2) is 35.2 Å². The second-order valence-corrected chi connectivity index (χ2v) is 7.23. The molecule has 0 N–H and O–H groups in total. The van der Waals surface area contributed by atoms with E-state index >= 15 is 0 Å². The lowest BCUT2D eigenvalue weighted by molar-refractivity contribution is -0.152. The Kier molecular flexibility index (Phi) is 5.05. The summed E-state index contributed by atoms with van der Waals surface area (Å²) in [5, 5.41) is 0. The molecule has 1 saturated heterocycles. The molecular formula is C22H25NO3. The lowest BCUT2D eigenvalue weighted by Gasteiger charge is -2.37. The topological polar surface area (TPSA) is 42.1 Å². The van der Waals surface area contributed by atoms with Gasteiger partial charge in [-0.2, -0.15) is 0 Å². The van der Waals surface area contributed by atoms with Crippen molar-refractivity contribution < 1.29 is 14.3 Å². The van der Waals surface area contributed by atoms with Gasteiger partial charge in [0, 0.05) is 20.0 Å². The first-order valence-corrected chi connectivity index (χ1v) is 9.35. The molecule has 0 amide bonds. The molecule has 2 fully saturated rings. The van der Waals surface area contributed by atoms with Crippen molar-refractivity contribution in [1.82, 2.24) is 4.90 Å². The van der Waals surface area contributed by atoms with Gasteiger partial charge in [0.2, 0.25) is 0 Å². The molecule has 0 spiro atoms. The number of fused-ring (bicyclic) bond motifs is 1. The summed E-state index contributed by atoms with van der Waals surface area (Å²) in [4.78, 5) is 14.1. The van der Waals surface area contributed by atoms with Crippen LogP contribution in [0.5, 0.6) is 0 Å². The molecule has 2 aliphatic rings. The summed E-state index contributed by atoms with van der Waals surface area (Å²) in [7, 11) is 0. The van der Waals surface area contributed by atoms with Crippen LogP contribution in [0.3, 0.4) is 0 Å². The Morgan fingerprint density at radius 2 is 1.58 bits per heavy atom. The average molecular weight is 351 g/mol. The summed E-state index contributed by atoms with van der Waals surface area (Å²) < 4.78 is 11.6. The van der Waals surface area contributed by atoms with Crippen molar-refractivity contribution in [2.45, 2.75) is 57.2 Å². The number of esters is 1. The molecule has 2 aromatic rings. The van der Waals surface area contributed by atoms with Crippen molar-refractivity contribution in [3.63, 3.8) is 0 Å². The Labute approximate surface area is 154 Å². The predicted octanol–water partition coefficient (Wildman–Crippen LogP) is 3.55. The van der Waals surface area contributed by atoms with Crippen LogP contribution in [-0.2, 0) is 27.4 Å². The van der Waals surface area contributed by atoms with Crippen LogP contribution in [0.1, 0.15) is 30.9 Å². The van der Waals surface area contributed by atoms with Crippen molar-refractivity contribution >= 4 is 5.97 Å². The summed E-state index contributed by atoms with van der Waals surface area (Å²) in [6, 6.07) is 21.0. The van der Waals surface area contributed by atoms with E-state index in [2.05, 4.69) is 53.4 Å². The maximum Gasteiger partial charge on any atom is 0.302 e. The van der Waals surface area contributed by atoms with Crippen LogP contribution in [0.2, 0.25) is 0 Å². The standard InChI is InChI=1S/C22H25NO3/c1-16(24)25-19-12-13-20-22(26-20)21(19)23(14-17-8-4-2-5-9-17)15-18-10-6-3-7-11-18/h2-11,19-22H,12-15H2,1H3/t19-,20-,21+,22-/m1/s1. The molecule has 0 unspecified atom stereocenters. The number of hydrogen-bond donors (Lipinski definition) is 0. The summed E-state index contributed by atoms with van der Waals surface area (Å²) >= 11 is 0. The van der Waals surface area contributed by atoms with Crippen molar-refractivity contribution in [3.8, 4) is 0 Å². The minimum Gasteiger partial charge on any atom is -0.461 e. The van der Waals surface area contributed by atoms with Crippen LogP contribution >= 0.6 is 0 Å². The summed E-state index contributed by atoms with van der Waals surface area (Å²) in [5.74, 6) is -0.210. The van der Waals surface area contributed by atoms with Gasteiger partial charge in [0.1, 0.15) is 12.2 Å². The lowest BCUT2D eigenvalue weighted by atomic mass is 9.90. The quantitative estimate of drug-likeness (QED) is 0.590. The number of nitrogens with zero attached hydrogens (tertiary/aromatic N) is 1. The lowest BCUT2D eigenvalue weighted by Crippen LogP contribution is -2.50. The predicted molar refractivity (Wildman–Crippen MR) is 99.4 cm³/mol. The van der Waals surface area contributed by atoms with Gasteiger partial charge in [0.15, 0.2) is 0 Å². The molecule has 0 aromatic heterocycles. The SMILES string of the molecule is CC(=O)O[C@@H]1CC[C@H]2O[C@H]2[C@H]1N(Cc1ccccc1)Cc1ccccc1. The van der Waals surface area contributed by atoms with Crippen LogP contribution in [0.4, 0.5) is 0 Å². The Hall–Kier alpha value is -2.17. The van der Waals surface area contributed by atoms with E-state index in [9.17, 15) is 4.79 Å². The fraction of sp³-hybridized carbons (Fsp3) is 0.409. The van der Waals surface area contributed by atoms with E-state index in [0.717, 1.165) is 25.9 Å². The van der Waals surface area contributed by atoms with Gasteiger partial charge in [0.05, 0.1) is 12.1 Å². The van der Waals surface area contributed by atoms with E-state index in [1.165, 1.54) is 18.1 Å². The molecule has 4 nitrogen and oxygen atoms in total. The highest BCUT2D eigenvalue weighted by Crippen LogP contribution is 2.41. The van der Waals surface area contributed by atoms with Gasteiger partial charge >= 0.3 is 5.97 Å². The number of ether oxygens (including phenoxy) is 2. The van der Waals surface area contributed by atoms with Crippen molar-refractivity contribution in [2.75, 3.05) is 0 Å². The summed E-state index contributed by atoms with van der Waals surface area (Å²) in [6.45, 7) is 3.12. The van der Waals surface area contributed by atoms with E-state index < -0.39 is 0 Å². The van der Waals surface area contributed by atoms with Crippen LogP contribution in [0, 0.1) is 0 Å². The Balaban J connectivity index is 1.60. The molecule has 1 saturated carbocycles. The smallest absolute Gasteiger partial charge is 0.302 e. The second-order valence-electron chi connectivity index (χ2n) is 7.23. The first-order chi connectivity index (χ1) is 12.7. The van der Waals surface area contributed by atoms with E-state index in [-0.39, 0.29) is 24.2 Å². The monoisotopic (exact) mass is 351 g/mol. The largest absolute Gasteiger partial charge is 0.461 e. The molecule has 1 aliphatic carbocycles. The molecular weight excluding hydrogens is 326 g/mol. The molecule has 2 aromatic carbocycles. The highest BCUT2D eigenvalue weighted by molar-refractivity contribution is 5.66. The third kappa shape index (κ3) is 3.97. The van der Waals surface area contributed by atoms with Gasteiger partial charge in [-0.25, -0.2) is 0 Å². The third-order valence-electron chi connectivity index (χ3n) is 5.27. The zero-order chi connectivity index (χ0) is 17.9. The molecule has 0 bridgehead atoms. The zero-order valence-corrected chi connectivity index (χ0v) is 15.1. The number of carbonyl (C=O) groups is 1. The zero-order valence-electron chi connectivity index (χ0n) is 15.1. The van der Waals surface area contributed by atoms with Crippen molar-refractivity contribution in [2.24, 2.45) is 0 Å². The van der Waals surface area contributed by atoms with Crippen LogP contribution in [0.15, 0.2) is 60.7 Å². The second kappa shape index (κ2) is 7.60. The van der Waals surface area contributed by atoms with Gasteiger partial charge in [-0.15, -0.1) is 0 Å². The number of carbonyl (C=O) groups excluding carboxylic acids is 1. The fourth-order valence-corrected chi connectivity index (χ4v) is 4.09. The van der Waals surface area contributed by atoms with E-state index in [1.54, 1.807) is 0 Å². The minimum absolute atomic E-state index is 0.0954. The Morgan fingerprint density at radius 1 is 1.00 bits per heavy atom. The molecule has 1 aliphatic heterocycles. The number of benzene rings is 2. The minimum atomic E-state index is -0.210. The molecule has 4 rings (SSSR count). The first kappa shape index (κ1) is 17.3. The molecule has 0 radical (unpaired) electrons. The Morgan fingerprint density at radius 3 is 2.12 bits per heavy atom. The fourth-order valence-electron chi connectivity index (χ4n) is 4.09.